The van der Waals surface area contributed by atoms with E-state index in [4.69, 9.17) is 14.2 Å². The van der Waals surface area contributed by atoms with Gasteiger partial charge in [0.2, 0.25) is 0 Å². The number of halogens is 1. The molecule has 0 fully saturated rings. The Morgan fingerprint density at radius 3 is 2.50 bits per heavy atom. The molecule has 10 heteroatoms. The maximum absolute atomic E-state index is 13.0. The molecule has 0 bridgehead atoms. The first kappa shape index (κ1) is 20.4. The molecule has 0 atom stereocenters. The number of hydrogen-bond donors (Lipinski definition) is 1. The lowest BCUT2D eigenvalue weighted by atomic mass is 10.3. The maximum Gasteiger partial charge on any atom is 0.263 e. The van der Waals surface area contributed by atoms with Crippen molar-refractivity contribution in [2.24, 2.45) is 0 Å². The third-order valence-corrected chi connectivity index (χ3v) is 6.68. The summed E-state index contributed by atoms with van der Waals surface area (Å²) in [5.41, 5.74) is 2.80. The average molecular weight is 485 g/mol. The topological polar surface area (TPSA) is 86.8 Å². The number of thiazole rings is 1. The third kappa shape index (κ3) is 4.57. The van der Waals surface area contributed by atoms with Crippen LogP contribution in [0.5, 0.6) is 17.2 Å². The van der Waals surface area contributed by atoms with Gasteiger partial charge in [0.25, 0.3) is 10.0 Å². The first-order chi connectivity index (χ1) is 13.4. The highest BCUT2D eigenvalue weighted by Gasteiger charge is 2.22. The number of nitrogens with one attached hydrogen (secondary N) is 1. The average Bonchev–Trinajstić information content (AvgIpc) is 3.20. The van der Waals surface area contributed by atoms with Crippen LogP contribution in [0, 0.1) is 0 Å². The van der Waals surface area contributed by atoms with Crippen molar-refractivity contribution in [3.8, 4) is 17.2 Å². The Kier molecular flexibility index (Phi) is 6.42. The van der Waals surface area contributed by atoms with E-state index >= 15 is 0 Å². The first-order valence-electron chi connectivity index (χ1n) is 7.98. The monoisotopic (exact) mass is 484 g/mol. The summed E-state index contributed by atoms with van der Waals surface area (Å²) in [7, 11) is -1.00. The predicted octanol–water partition coefficient (Wildman–Crippen LogP) is 4.30. The highest BCUT2D eigenvalue weighted by Crippen LogP contribution is 2.37. The molecule has 7 nitrogen and oxygen atoms in total. The minimum absolute atomic E-state index is 0.0134. The van der Waals surface area contributed by atoms with Gasteiger partial charge in [-0.15, -0.1) is 11.3 Å². The van der Waals surface area contributed by atoms with Crippen LogP contribution >= 0.6 is 27.3 Å². The van der Waals surface area contributed by atoms with Crippen molar-refractivity contribution in [2.45, 2.75) is 11.5 Å². The van der Waals surface area contributed by atoms with Crippen LogP contribution in [0.4, 0.5) is 5.69 Å². The van der Waals surface area contributed by atoms with E-state index in [1.807, 2.05) is 5.38 Å². The van der Waals surface area contributed by atoms with Gasteiger partial charge in [-0.3, -0.25) is 4.72 Å². The van der Waals surface area contributed by atoms with Gasteiger partial charge in [-0.05, 0) is 34.1 Å². The van der Waals surface area contributed by atoms with Gasteiger partial charge in [0, 0.05) is 15.9 Å². The Morgan fingerprint density at radius 2 is 1.82 bits per heavy atom. The van der Waals surface area contributed by atoms with Crippen molar-refractivity contribution in [3.05, 3.63) is 57.5 Å². The molecule has 28 heavy (non-hydrogen) atoms. The van der Waals surface area contributed by atoms with Crippen LogP contribution in [0.25, 0.3) is 0 Å². The molecule has 1 aromatic heterocycles. The summed E-state index contributed by atoms with van der Waals surface area (Å²) in [6.45, 7) is 0.238. The fourth-order valence-corrected chi connectivity index (χ4v) is 5.03. The van der Waals surface area contributed by atoms with Crippen molar-refractivity contribution in [3.63, 3.8) is 0 Å². The Morgan fingerprint density at radius 1 is 1.11 bits per heavy atom. The molecule has 0 aliphatic heterocycles. The molecule has 1 N–H and O–H groups in total. The predicted molar refractivity (Wildman–Crippen MR) is 111 cm³/mol. The number of aromatic nitrogens is 1. The highest BCUT2D eigenvalue weighted by molar-refractivity contribution is 9.10. The SMILES string of the molecule is COc1cc(Br)c(S(=O)(=O)Nc2ccccc2OCc2cscn2)cc1OC. The fraction of sp³-hybridized carbons (Fsp3) is 0.167. The van der Waals surface area contributed by atoms with E-state index in [0.29, 0.717) is 27.4 Å². The molecule has 0 spiro atoms. The summed E-state index contributed by atoms with van der Waals surface area (Å²) >= 11 is 4.75. The van der Waals surface area contributed by atoms with Gasteiger partial charge in [0.15, 0.2) is 11.5 Å². The summed E-state index contributed by atoms with van der Waals surface area (Å²) in [6, 6.07) is 9.73. The third-order valence-electron chi connectivity index (χ3n) is 3.72. The normalized spacial score (nSPS) is 11.1. The molecule has 1 heterocycles. The molecule has 0 aliphatic carbocycles. The van der Waals surface area contributed by atoms with Crippen molar-refractivity contribution in [1.82, 2.24) is 4.98 Å². The van der Waals surface area contributed by atoms with E-state index in [0.717, 1.165) is 5.69 Å². The Balaban J connectivity index is 1.89. The van der Waals surface area contributed by atoms with Crippen LogP contribution in [-0.4, -0.2) is 27.6 Å². The summed E-state index contributed by atoms with van der Waals surface area (Å²) in [5, 5.41) is 1.87. The summed E-state index contributed by atoms with van der Waals surface area (Å²) < 4.78 is 45.0. The smallest absolute Gasteiger partial charge is 0.263 e. The zero-order valence-corrected chi connectivity index (χ0v) is 18.2. The lowest BCUT2D eigenvalue weighted by molar-refractivity contribution is 0.304. The van der Waals surface area contributed by atoms with Crippen LogP contribution in [0.15, 0.2) is 56.7 Å². The standard InChI is InChI=1S/C18H17BrN2O5S2/c1-24-16-7-13(19)18(8-17(16)25-2)28(22,23)21-14-5-3-4-6-15(14)26-9-12-10-27-11-20-12/h3-8,10-11,21H,9H2,1-2H3. The number of sulfonamides is 1. The van der Waals surface area contributed by atoms with Gasteiger partial charge in [-0.1, -0.05) is 12.1 Å². The molecule has 0 aliphatic rings. The molecule has 3 rings (SSSR count). The van der Waals surface area contributed by atoms with Gasteiger partial charge < -0.3 is 14.2 Å². The van der Waals surface area contributed by atoms with Crippen LogP contribution in [0.1, 0.15) is 5.69 Å². The summed E-state index contributed by atoms with van der Waals surface area (Å²) in [4.78, 5) is 4.17. The number of anilines is 1. The number of hydrogen-bond acceptors (Lipinski definition) is 7. The van der Waals surface area contributed by atoms with Crippen molar-refractivity contribution < 1.29 is 22.6 Å². The maximum atomic E-state index is 13.0. The second-order valence-electron chi connectivity index (χ2n) is 5.51. The van der Waals surface area contributed by atoms with E-state index < -0.39 is 10.0 Å². The van der Waals surface area contributed by atoms with Crippen molar-refractivity contribution >= 4 is 43.0 Å². The molecule has 0 amide bonds. The van der Waals surface area contributed by atoms with Crippen LogP contribution in [0.3, 0.4) is 0 Å². The van der Waals surface area contributed by atoms with Crippen LogP contribution in [-0.2, 0) is 16.6 Å². The molecule has 0 saturated heterocycles. The van der Waals surface area contributed by atoms with Crippen LogP contribution < -0.4 is 18.9 Å². The first-order valence-corrected chi connectivity index (χ1v) is 11.2. The van der Waals surface area contributed by atoms with Crippen LogP contribution in [0.2, 0.25) is 0 Å². The Bertz CT molecular complexity index is 1060. The minimum Gasteiger partial charge on any atom is -0.493 e. The second-order valence-corrected chi connectivity index (χ2v) is 8.73. The number of rotatable bonds is 8. The summed E-state index contributed by atoms with van der Waals surface area (Å²) in [5.74, 6) is 1.12. The number of ether oxygens (including phenoxy) is 3. The number of benzene rings is 2. The van der Waals surface area contributed by atoms with E-state index in [9.17, 15) is 8.42 Å². The zero-order valence-electron chi connectivity index (χ0n) is 15.0. The van der Waals surface area contributed by atoms with E-state index in [1.165, 1.54) is 37.7 Å². The Labute approximate surface area is 175 Å². The van der Waals surface area contributed by atoms with Gasteiger partial charge in [0.05, 0.1) is 31.1 Å². The fourth-order valence-electron chi connectivity index (χ4n) is 2.38. The van der Waals surface area contributed by atoms with Crippen molar-refractivity contribution in [2.75, 3.05) is 18.9 Å². The quantitative estimate of drug-likeness (QED) is 0.512. The number of para-hydroxylation sites is 2. The zero-order chi connectivity index (χ0) is 20.1. The van der Waals surface area contributed by atoms with E-state index in [-0.39, 0.29) is 11.5 Å². The molecular formula is C18H17BrN2O5S2. The number of nitrogens with zero attached hydrogens (tertiary/aromatic N) is 1. The van der Waals surface area contributed by atoms with Gasteiger partial charge in [-0.25, -0.2) is 13.4 Å². The van der Waals surface area contributed by atoms with Gasteiger partial charge in [0.1, 0.15) is 17.3 Å². The molecular weight excluding hydrogens is 468 g/mol. The van der Waals surface area contributed by atoms with Gasteiger partial charge in [-0.2, -0.15) is 0 Å². The second kappa shape index (κ2) is 8.80. The molecule has 0 radical (unpaired) electrons. The van der Waals surface area contributed by atoms with Crippen molar-refractivity contribution in [1.29, 1.82) is 0 Å². The molecule has 3 aromatic rings. The molecule has 2 aromatic carbocycles. The minimum atomic E-state index is -3.92. The number of methoxy groups -OCH3 is 2. The lowest BCUT2D eigenvalue weighted by Crippen LogP contribution is -2.15. The summed E-state index contributed by atoms with van der Waals surface area (Å²) in [6.07, 6.45) is 0. The van der Waals surface area contributed by atoms with Gasteiger partial charge >= 0.3 is 0 Å². The molecule has 148 valence electrons. The Hall–Kier alpha value is -2.30. The molecule has 0 unspecified atom stereocenters. The highest BCUT2D eigenvalue weighted by atomic mass is 79.9. The largest absolute Gasteiger partial charge is 0.493 e. The lowest BCUT2D eigenvalue weighted by Gasteiger charge is -2.15. The van der Waals surface area contributed by atoms with E-state index in [2.05, 4.69) is 25.6 Å². The molecule has 0 saturated carbocycles. The van der Waals surface area contributed by atoms with E-state index in [1.54, 1.807) is 29.8 Å².